The number of hydrogen-bond donors (Lipinski definition) is 0. The summed E-state index contributed by atoms with van der Waals surface area (Å²) >= 11 is 0. The van der Waals surface area contributed by atoms with Gasteiger partial charge in [0.15, 0.2) is 0 Å². The third kappa shape index (κ3) is 3.32. The zero-order chi connectivity index (χ0) is 12.0. The molecule has 0 saturated heterocycles. The average molecular weight is 222 g/mol. The Bertz CT molecular complexity index is 293. The summed E-state index contributed by atoms with van der Waals surface area (Å²) in [7, 11) is 0. The Morgan fingerprint density at radius 2 is 1.75 bits per heavy atom. The van der Waals surface area contributed by atoms with Crippen molar-refractivity contribution in [2.45, 2.75) is 40.2 Å². The molecule has 1 atom stereocenters. The van der Waals surface area contributed by atoms with Gasteiger partial charge >= 0.3 is 0 Å². The van der Waals surface area contributed by atoms with Crippen LogP contribution in [0.4, 0.5) is 0 Å². The van der Waals surface area contributed by atoms with E-state index in [2.05, 4.69) is 32.9 Å². The van der Waals surface area contributed by atoms with Gasteiger partial charge in [0.05, 0.1) is 6.61 Å². The first-order chi connectivity index (χ1) is 7.61. The molecule has 0 aromatic heterocycles. The van der Waals surface area contributed by atoms with Crippen molar-refractivity contribution in [1.29, 1.82) is 0 Å². The third-order valence-electron chi connectivity index (χ3n) is 3.01. The van der Waals surface area contributed by atoms with E-state index in [1.165, 1.54) is 5.56 Å². The van der Waals surface area contributed by atoms with Gasteiger partial charge in [-0.1, -0.05) is 51.1 Å². The van der Waals surface area contributed by atoms with E-state index in [1.807, 2.05) is 25.1 Å². The Kier molecular flexibility index (Phi) is 4.97. The topological polar surface area (TPSA) is 18.5 Å². The number of rotatable bonds is 6. The molecule has 0 aliphatic heterocycles. The van der Waals surface area contributed by atoms with Crippen molar-refractivity contribution < 1.29 is 9.78 Å². The molecule has 0 radical (unpaired) electrons. The monoisotopic (exact) mass is 222 g/mol. The van der Waals surface area contributed by atoms with Crippen LogP contribution in [-0.4, -0.2) is 6.61 Å². The lowest BCUT2D eigenvalue weighted by atomic mass is 9.80. The van der Waals surface area contributed by atoms with Gasteiger partial charge in [0.1, 0.15) is 6.10 Å². The number of hydrogen-bond acceptors (Lipinski definition) is 2. The molecule has 2 nitrogen and oxygen atoms in total. The summed E-state index contributed by atoms with van der Waals surface area (Å²) in [6.07, 6.45) is 1.03. The van der Waals surface area contributed by atoms with Gasteiger partial charge in [0.2, 0.25) is 0 Å². The fraction of sp³-hybridized carbons (Fsp3) is 0.571. The minimum absolute atomic E-state index is 0.0151. The third-order valence-corrected chi connectivity index (χ3v) is 3.01. The molecule has 2 heteroatoms. The van der Waals surface area contributed by atoms with E-state index in [9.17, 15) is 0 Å². The Hall–Kier alpha value is -0.860. The van der Waals surface area contributed by atoms with Crippen LogP contribution in [0.2, 0.25) is 0 Å². The minimum Gasteiger partial charge on any atom is -0.236 e. The second-order valence-corrected chi connectivity index (χ2v) is 4.64. The highest BCUT2D eigenvalue weighted by Gasteiger charge is 2.31. The largest absolute Gasteiger partial charge is 0.236 e. The Balaban J connectivity index is 2.87. The lowest BCUT2D eigenvalue weighted by Gasteiger charge is -2.32. The zero-order valence-corrected chi connectivity index (χ0v) is 10.7. The van der Waals surface area contributed by atoms with Crippen LogP contribution in [0.25, 0.3) is 0 Å². The molecule has 16 heavy (non-hydrogen) atoms. The summed E-state index contributed by atoms with van der Waals surface area (Å²) in [5.74, 6) is 0. The van der Waals surface area contributed by atoms with Crippen LogP contribution in [0.1, 0.15) is 45.8 Å². The molecule has 1 rings (SSSR count). The van der Waals surface area contributed by atoms with Gasteiger partial charge in [0, 0.05) is 0 Å². The lowest BCUT2D eigenvalue weighted by Crippen LogP contribution is -2.24. The second-order valence-electron chi connectivity index (χ2n) is 4.64. The molecule has 1 aromatic carbocycles. The van der Waals surface area contributed by atoms with Crippen molar-refractivity contribution in [1.82, 2.24) is 0 Å². The van der Waals surface area contributed by atoms with Gasteiger partial charge in [-0.3, -0.25) is 0 Å². The van der Waals surface area contributed by atoms with Gasteiger partial charge in [-0.05, 0) is 24.3 Å². The average Bonchev–Trinajstić information content (AvgIpc) is 2.31. The van der Waals surface area contributed by atoms with Gasteiger partial charge in [0.25, 0.3) is 0 Å². The van der Waals surface area contributed by atoms with Crippen LogP contribution < -0.4 is 0 Å². The van der Waals surface area contributed by atoms with Crippen LogP contribution in [0, 0.1) is 5.41 Å². The van der Waals surface area contributed by atoms with Crippen LogP contribution in [0.3, 0.4) is 0 Å². The lowest BCUT2D eigenvalue weighted by molar-refractivity contribution is -0.343. The second kappa shape index (κ2) is 6.02. The Labute approximate surface area is 98.5 Å². The van der Waals surface area contributed by atoms with Gasteiger partial charge in [-0.25, -0.2) is 9.78 Å². The standard InChI is InChI=1S/C14H22O2/c1-5-14(3,4)13(16-15-6-2)12-10-8-7-9-11-12/h7-11,13H,5-6H2,1-4H3. The summed E-state index contributed by atoms with van der Waals surface area (Å²) in [6.45, 7) is 9.07. The quantitative estimate of drug-likeness (QED) is 0.532. The van der Waals surface area contributed by atoms with Crippen LogP contribution in [0.15, 0.2) is 30.3 Å². The molecule has 0 heterocycles. The highest BCUT2D eigenvalue weighted by atomic mass is 17.2. The molecule has 0 fully saturated rings. The van der Waals surface area contributed by atoms with Crippen molar-refractivity contribution in [3.8, 4) is 0 Å². The summed E-state index contributed by atoms with van der Waals surface area (Å²) < 4.78 is 0. The molecule has 0 amide bonds. The van der Waals surface area contributed by atoms with Crippen LogP contribution in [0.5, 0.6) is 0 Å². The smallest absolute Gasteiger partial charge is 0.123 e. The normalized spacial score (nSPS) is 13.8. The van der Waals surface area contributed by atoms with Crippen molar-refractivity contribution >= 4 is 0 Å². The van der Waals surface area contributed by atoms with Crippen molar-refractivity contribution in [3.05, 3.63) is 35.9 Å². The van der Waals surface area contributed by atoms with E-state index < -0.39 is 0 Å². The maximum absolute atomic E-state index is 5.53. The molecule has 0 spiro atoms. The summed E-state index contributed by atoms with van der Waals surface area (Å²) in [6, 6.07) is 10.2. The molecule has 1 aromatic rings. The van der Waals surface area contributed by atoms with E-state index in [0.717, 1.165) is 6.42 Å². The molecule has 0 saturated carbocycles. The first-order valence-corrected chi connectivity index (χ1v) is 5.95. The van der Waals surface area contributed by atoms with Crippen LogP contribution >= 0.6 is 0 Å². The fourth-order valence-corrected chi connectivity index (χ4v) is 1.59. The highest BCUT2D eigenvalue weighted by Crippen LogP contribution is 2.39. The van der Waals surface area contributed by atoms with Crippen molar-refractivity contribution in [2.75, 3.05) is 6.61 Å². The maximum atomic E-state index is 5.53. The Morgan fingerprint density at radius 1 is 1.12 bits per heavy atom. The van der Waals surface area contributed by atoms with E-state index in [4.69, 9.17) is 9.78 Å². The van der Waals surface area contributed by atoms with E-state index in [1.54, 1.807) is 0 Å². The highest BCUT2D eigenvalue weighted by molar-refractivity contribution is 5.19. The summed E-state index contributed by atoms with van der Waals surface area (Å²) in [5, 5.41) is 0. The van der Waals surface area contributed by atoms with Crippen molar-refractivity contribution in [2.24, 2.45) is 5.41 Å². The summed E-state index contributed by atoms with van der Waals surface area (Å²) in [5.41, 5.74) is 1.24. The first kappa shape index (κ1) is 13.2. The van der Waals surface area contributed by atoms with E-state index in [0.29, 0.717) is 6.61 Å². The molecule has 0 aliphatic rings. The molecule has 0 N–H and O–H groups in total. The SMILES string of the molecule is CCOOC(c1ccccc1)C(C)(C)CC. The van der Waals surface area contributed by atoms with Crippen molar-refractivity contribution in [3.63, 3.8) is 0 Å². The predicted molar refractivity (Wildman–Crippen MR) is 66.0 cm³/mol. The molecule has 0 aliphatic carbocycles. The maximum Gasteiger partial charge on any atom is 0.123 e. The molecule has 90 valence electrons. The predicted octanol–water partition coefficient (Wildman–Crippen LogP) is 4.13. The fourth-order valence-electron chi connectivity index (χ4n) is 1.59. The molecular weight excluding hydrogens is 200 g/mol. The minimum atomic E-state index is -0.0151. The first-order valence-electron chi connectivity index (χ1n) is 5.95. The molecule has 1 unspecified atom stereocenters. The number of benzene rings is 1. The van der Waals surface area contributed by atoms with Gasteiger partial charge in [-0.15, -0.1) is 0 Å². The Morgan fingerprint density at radius 3 is 2.25 bits per heavy atom. The summed E-state index contributed by atoms with van der Waals surface area (Å²) in [4.78, 5) is 10.7. The molecular formula is C14H22O2. The van der Waals surface area contributed by atoms with E-state index in [-0.39, 0.29) is 11.5 Å². The molecule has 0 bridgehead atoms. The van der Waals surface area contributed by atoms with Gasteiger partial charge in [-0.2, -0.15) is 0 Å². The van der Waals surface area contributed by atoms with Gasteiger partial charge < -0.3 is 0 Å². The zero-order valence-electron chi connectivity index (χ0n) is 10.7. The van der Waals surface area contributed by atoms with Crippen LogP contribution in [-0.2, 0) is 9.78 Å². The van der Waals surface area contributed by atoms with E-state index >= 15 is 0 Å².